The first-order chi connectivity index (χ1) is 15.3. The molecule has 3 aromatic heterocycles. The molecule has 3 heterocycles. The molecule has 0 unspecified atom stereocenters. The van der Waals surface area contributed by atoms with Gasteiger partial charge in [-0.25, -0.2) is 9.78 Å². The van der Waals surface area contributed by atoms with Crippen LogP contribution in [0.4, 0.5) is 4.79 Å². The zero-order valence-electron chi connectivity index (χ0n) is 18.0. The third-order valence-corrected chi connectivity index (χ3v) is 5.25. The molecule has 2 N–H and O–H groups in total. The summed E-state index contributed by atoms with van der Waals surface area (Å²) in [5.74, 6) is -0.344. The summed E-state index contributed by atoms with van der Waals surface area (Å²) in [4.78, 5) is 36.9. The third-order valence-electron chi connectivity index (χ3n) is 4.49. The molecule has 0 spiro atoms. The quantitative estimate of drug-likeness (QED) is 0.488. The first-order valence-electron chi connectivity index (χ1n) is 10.0. The van der Waals surface area contributed by atoms with Crippen LogP contribution >= 0.6 is 11.3 Å². The fraction of sp³-hybridized carbons (Fsp3) is 0.217. The number of H-pyrrole nitrogens is 1. The molecule has 32 heavy (non-hydrogen) atoms. The Labute approximate surface area is 188 Å². The number of carbonyl (C=O) groups is 2. The zero-order valence-corrected chi connectivity index (χ0v) is 18.8. The molecule has 1 aromatic carbocycles. The molecule has 0 radical (unpaired) electrons. The Morgan fingerprint density at radius 2 is 2.09 bits per heavy atom. The first kappa shape index (κ1) is 21.5. The maximum Gasteiger partial charge on any atom is 0.407 e. The molecule has 0 saturated carbocycles. The summed E-state index contributed by atoms with van der Waals surface area (Å²) in [6, 6.07) is 11.3. The van der Waals surface area contributed by atoms with E-state index >= 15 is 0 Å². The fourth-order valence-electron chi connectivity index (χ4n) is 3.13. The van der Waals surface area contributed by atoms with Gasteiger partial charge in [0.2, 0.25) is 0 Å². The van der Waals surface area contributed by atoms with Gasteiger partial charge in [0, 0.05) is 41.6 Å². The van der Waals surface area contributed by atoms with E-state index in [1.54, 1.807) is 18.5 Å². The van der Waals surface area contributed by atoms with Crippen LogP contribution in [0.25, 0.3) is 16.7 Å². The van der Waals surface area contributed by atoms with Gasteiger partial charge in [-0.15, -0.1) is 11.3 Å². The second-order valence-electron chi connectivity index (χ2n) is 8.10. The molecule has 0 atom stereocenters. The van der Waals surface area contributed by atoms with Crippen molar-refractivity contribution in [3.63, 3.8) is 0 Å². The molecule has 9 heteroatoms. The Bertz CT molecular complexity index is 1340. The normalized spacial score (nSPS) is 12.2. The lowest BCUT2D eigenvalue weighted by molar-refractivity contribution is 0.0523. The van der Waals surface area contributed by atoms with Crippen LogP contribution in [0.15, 0.2) is 65.4 Å². The number of amides is 2. The lowest BCUT2D eigenvalue weighted by Crippen LogP contribution is -2.32. The van der Waals surface area contributed by atoms with Crippen molar-refractivity contribution in [3.05, 3.63) is 76.3 Å². The van der Waals surface area contributed by atoms with Crippen molar-refractivity contribution in [1.82, 2.24) is 19.9 Å². The second kappa shape index (κ2) is 8.80. The Kier molecular flexibility index (Phi) is 5.91. The lowest BCUT2D eigenvalue weighted by atomic mass is 10.2. The van der Waals surface area contributed by atoms with Gasteiger partial charge in [0.05, 0.1) is 5.56 Å². The monoisotopic (exact) mass is 449 g/mol. The molecule has 4 aromatic rings. The Hall–Kier alpha value is -3.72. The average Bonchev–Trinajstić information content (AvgIpc) is 3.38. The van der Waals surface area contributed by atoms with Crippen LogP contribution in [0.3, 0.4) is 0 Å². The van der Waals surface area contributed by atoms with E-state index in [1.165, 1.54) is 11.3 Å². The van der Waals surface area contributed by atoms with Gasteiger partial charge in [-0.05, 0) is 50.6 Å². The third kappa shape index (κ3) is 4.94. The van der Waals surface area contributed by atoms with Gasteiger partial charge in [-0.3, -0.25) is 9.36 Å². The van der Waals surface area contributed by atoms with Crippen LogP contribution in [0.2, 0.25) is 0 Å². The molecule has 8 nitrogen and oxygen atoms in total. The maximum absolute atomic E-state index is 12.8. The number of aromatic nitrogens is 3. The van der Waals surface area contributed by atoms with Crippen molar-refractivity contribution in [1.29, 1.82) is 0 Å². The number of hydrogen-bond donors (Lipinski definition) is 2. The average molecular weight is 450 g/mol. The molecule has 0 fully saturated rings. The van der Waals surface area contributed by atoms with E-state index < -0.39 is 11.7 Å². The van der Waals surface area contributed by atoms with E-state index in [0.717, 1.165) is 16.6 Å². The summed E-state index contributed by atoms with van der Waals surface area (Å²) in [5, 5.41) is 5.36. The van der Waals surface area contributed by atoms with Crippen molar-refractivity contribution in [2.24, 2.45) is 4.99 Å². The Balaban J connectivity index is 1.56. The summed E-state index contributed by atoms with van der Waals surface area (Å²) in [6.45, 7) is 5.78. The predicted octanol–water partition coefficient (Wildman–Crippen LogP) is 4.18. The van der Waals surface area contributed by atoms with Crippen molar-refractivity contribution in [2.45, 2.75) is 32.9 Å². The summed E-state index contributed by atoms with van der Waals surface area (Å²) in [6.07, 6.45) is 4.68. The number of carbonyl (C=O) groups excluding carboxylic acids is 2. The highest BCUT2D eigenvalue weighted by Crippen LogP contribution is 2.17. The highest BCUT2D eigenvalue weighted by atomic mass is 32.1. The highest BCUT2D eigenvalue weighted by Gasteiger charge is 2.16. The number of fused-ring (bicyclic) bond motifs is 1. The maximum atomic E-state index is 12.8. The number of nitrogens with zero attached hydrogens (tertiary/aromatic N) is 3. The molecule has 0 bridgehead atoms. The Morgan fingerprint density at radius 1 is 1.25 bits per heavy atom. The predicted molar refractivity (Wildman–Crippen MR) is 123 cm³/mol. The summed E-state index contributed by atoms with van der Waals surface area (Å²) in [5.41, 5.74) is 2.30. The molecule has 4 rings (SSSR count). The van der Waals surface area contributed by atoms with E-state index in [1.807, 2.05) is 67.2 Å². The Morgan fingerprint density at radius 3 is 2.91 bits per heavy atom. The van der Waals surface area contributed by atoms with E-state index in [-0.39, 0.29) is 5.91 Å². The first-order valence-corrected chi connectivity index (χ1v) is 10.9. The minimum absolute atomic E-state index is 0.321. The summed E-state index contributed by atoms with van der Waals surface area (Å²) < 4.78 is 7.12. The minimum atomic E-state index is -0.553. The van der Waals surface area contributed by atoms with Crippen LogP contribution in [-0.4, -0.2) is 32.1 Å². The van der Waals surface area contributed by atoms with Gasteiger partial charge in [-0.1, -0.05) is 12.1 Å². The number of nitrogens with one attached hydrogen (secondary N) is 2. The summed E-state index contributed by atoms with van der Waals surface area (Å²) in [7, 11) is 0. The molecular weight excluding hydrogens is 426 g/mol. The number of alkyl carbamates (subject to hydrolysis) is 1. The van der Waals surface area contributed by atoms with Gasteiger partial charge >= 0.3 is 6.09 Å². The number of ether oxygens (including phenoxy) is 1. The topological polar surface area (TPSA) is 101 Å². The standard InChI is InChI=1S/C23H23N5O3S/c1-23(2,3)31-22(30)26-13-15-6-4-7-16(12-15)28-10-11-32-21(28)27-20(29)18-14-25-19-17(18)8-5-9-24-19/h4-12,14H,13H2,1-3H3,(H,24,25)(H,26,30)/b27-21+. The second-order valence-corrected chi connectivity index (χ2v) is 8.97. The van der Waals surface area contributed by atoms with Crippen LogP contribution in [0, 0.1) is 0 Å². The lowest BCUT2D eigenvalue weighted by Gasteiger charge is -2.19. The molecule has 0 aliphatic heterocycles. The van der Waals surface area contributed by atoms with Gasteiger partial charge in [0.25, 0.3) is 5.91 Å². The van der Waals surface area contributed by atoms with Crippen molar-refractivity contribution >= 4 is 34.4 Å². The highest BCUT2D eigenvalue weighted by molar-refractivity contribution is 7.07. The van der Waals surface area contributed by atoms with Gasteiger partial charge in [0.15, 0.2) is 4.80 Å². The molecule has 164 valence electrons. The van der Waals surface area contributed by atoms with Crippen molar-refractivity contribution in [3.8, 4) is 5.69 Å². The van der Waals surface area contributed by atoms with Gasteiger partial charge in [-0.2, -0.15) is 4.99 Å². The molecule has 0 aliphatic rings. The van der Waals surface area contributed by atoms with E-state index in [9.17, 15) is 9.59 Å². The van der Waals surface area contributed by atoms with E-state index in [4.69, 9.17) is 4.74 Å². The number of pyridine rings is 1. The SMILES string of the molecule is CC(C)(C)OC(=O)NCc1cccc(-n2ccs/c2=N/C(=O)c2c[nH]c3ncccc23)c1. The molecule has 0 aliphatic carbocycles. The number of aromatic amines is 1. The smallest absolute Gasteiger partial charge is 0.407 e. The number of thiazole rings is 1. The summed E-state index contributed by atoms with van der Waals surface area (Å²) >= 11 is 1.37. The van der Waals surface area contributed by atoms with Crippen LogP contribution < -0.4 is 10.1 Å². The van der Waals surface area contributed by atoms with Gasteiger partial charge in [0.1, 0.15) is 11.2 Å². The molecular formula is C23H23N5O3S. The number of rotatable bonds is 4. The van der Waals surface area contributed by atoms with Gasteiger partial charge < -0.3 is 15.0 Å². The van der Waals surface area contributed by atoms with E-state index in [2.05, 4.69) is 20.3 Å². The molecule has 2 amide bonds. The zero-order chi connectivity index (χ0) is 22.7. The molecule has 0 saturated heterocycles. The van der Waals surface area contributed by atoms with E-state index in [0.29, 0.717) is 22.6 Å². The van der Waals surface area contributed by atoms with Crippen molar-refractivity contribution < 1.29 is 14.3 Å². The van der Waals surface area contributed by atoms with Crippen LogP contribution in [0.5, 0.6) is 0 Å². The van der Waals surface area contributed by atoms with Crippen LogP contribution in [-0.2, 0) is 11.3 Å². The number of benzene rings is 1. The van der Waals surface area contributed by atoms with Crippen molar-refractivity contribution in [2.75, 3.05) is 0 Å². The van der Waals surface area contributed by atoms with Crippen LogP contribution in [0.1, 0.15) is 36.7 Å². The largest absolute Gasteiger partial charge is 0.444 e. The fourth-order valence-corrected chi connectivity index (χ4v) is 3.85. The number of hydrogen-bond acceptors (Lipinski definition) is 5. The minimum Gasteiger partial charge on any atom is -0.444 e.